The van der Waals surface area contributed by atoms with E-state index in [1.165, 1.54) is 11.3 Å². The number of rotatable bonds is 4. The molecule has 0 spiro atoms. The van der Waals surface area contributed by atoms with Crippen LogP contribution in [0.15, 0.2) is 72.1 Å². The van der Waals surface area contributed by atoms with Gasteiger partial charge in [0.25, 0.3) is 5.91 Å². The molecular weight excluding hydrogens is 464 g/mol. The second kappa shape index (κ2) is 8.88. The van der Waals surface area contributed by atoms with Crippen LogP contribution in [0.25, 0.3) is 11.3 Å². The van der Waals surface area contributed by atoms with Crippen molar-refractivity contribution in [3.63, 3.8) is 0 Å². The van der Waals surface area contributed by atoms with Gasteiger partial charge in [0, 0.05) is 22.9 Å². The Hall–Kier alpha value is -4.17. The predicted octanol–water partition coefficient (Wildman–Crippen LogP) is 5.29. The number of benzene rings is 3. The van der Waals surface area contributed by atoms with Gasteiger partial charge in [-0.15, -0.1) is 11.3 Å². The van der Waals surface area contributed by atoms with Crippen LogP contribution in [-0.4, -0.2) is 30.1 Å². The van der Waals surface area contributed by atoms with Gasteiger partial charge in [0.05, 0.1) is 11.3 Å². The summed E-state index contributed by atoms with van der Waals surface area (Å²) in [6.07, 6.45) is 0.139. The van der Waals surface area contributed by atoms with E-state index in [-0.39, 0.29) is 18.0 Å². The molecule has 1 aromatic heterocycles. The highest BCUT2D eigenvalue weighted by Gasteiger charge is 2.28. The number of carbonyl (C=O) groups is 2. The summed E-state index contributed by atoms with van der Waals surface area (Å²) in [5.74, 6) is 0.741. The molecule has 35 heavy (non-hydrogen) atoms. The lowest BCUT2D eigenvalue weighted by Crippen LogP contribution is -2.23. The number of nitrogens with one attached hydrogen (secondary N) is 1. The highest BCUT2D eigenvalue weighted by Crippen LogP contribution is 2.36. The van der Waals surface area contributed by atoms with Crippen LogP contribution in [-0.2, 0) is 11.2 Å². The van der Waals surface area contributed by atoms with E-state index in [0.29, 0.717) is 41.6 Å². The van der Waals surface area contributed by atoms with E-state index in [1.807, 2.05) is 53.9 Å². The van der Waals surface area contributed by atoms with Crippen LogP contribution in [0.1, 0.15) is 37.9 Å². The molecule has 4 aromatic rings. The fraction of sp³-hybridized carbons (Fsp3) is 0.148. The largest absolute Gasteiger partial charge is 0.486 e. The molecule has 0 bridgehead atoms. The number of anilines is 1. The number of nitrogens with zero attached hydrogens (tertiary/aromatic N) is 1. The summed E-state index contributed by atoms with van der Waals surface area (Å²) in [5, 5.41) is 5.24. The van der Waals surface area contributed by atoms with Gasteiger partial charge in [-0.3, -0.25) is 10.1 Å². The number of esters is 1. The Bertz CT molecular complexity index is 1430. The van der Waals surface area contributed by atoms with E-state index >= 15 is 0 Å². The van der Waals surface area contributed by atoms with Crippen LogP contribution >= 0.6 is 11.3 Å². The third kappa shape index (κ3) is 4.24. The summed E-state index contributed by atoms with van der Waals surface area (Å²) in [6.45, 7) is 1.05. The molecule has 1 atom stereocenters. The zero-order valence-electron chi connectivity index (χ0n) is 18.5. The van der Waals surface area contributed by atoms with E-state index in [4.69, 9.17) is 14.2 Å². The molecule has 0 aliphatic carbocycles. The Kier molecular flexibility index (Phi) is 5.42. The Labute approximate surface area is 205 Å². The number of thiazole rings is 1. The average Bonchev–Trinajstić information content (AvgIpc) is 3.37. The number of ether oxygens (including phenoxy) is 3. The molecule has 0 fully saturated rings. The minimum atomic E-state index is -0.379. The maximum atomic E-state index is 13.0. The Morgan fingerprint density at radius 1 is 0.971 bits per heavy atom. The first kappa shape index (κ1) is 21.4. The lowest BCUT2D eigenvalue weighted by molar-refractivity contribution is 0.0252. The molecule has 3 heterocycles. The summed E-state index contributed by atoms with van der Waals surface area (Å²) in [4.78, 5) is 30.1. The van der Waals surface area contributed by atoms with Crippen LogP contribution in [0.4, 0.5) is 5.13 Å². The first-order valence-corrected chi connectivity index (χ1v) is 12.1. The molecule has 0 saturated carbocycles. The Morgan fingerprint density at radius 3 is 2.66 bits per heavy atom. The molecule has 3 aromatic carbocycles. The maximum absolute atomic E-state index is 13.0. The van der Waals surface area contributed by atoms with E-state index in [9.17, 15) is 9.59 Å². The summed E-state index contributed by atoms with van der Waals surface area (Å²) >= 11 is 1.34. The van der Waals surface area contributed by atoms with Crippen molar-refractivity contribution in [3.05, 3.63) is 94.4 Å². The molecule has 1 amide bonds. The van der Waals surface area contributed by atoms with Gasteiger partial charge in [-0.05, 0) is 47.5 Å². The Morgan fingerprint density at radius 2 is 1.80 bits per heavy atom. The van der Waals surface area contributed by atoms with Crippen LogP contribution in [0.2, 0.25) is 0 Å². The molecule has 8 heteroatoms. The molecule has 174 valence electrons. The predicted molar refractivity (Wildman–Crippen MR) is 131 cm³/mol. The van der Waals surface area contributed by atoms with E-state index < -0.39 is 0 Å². The van der Waals surface area contributed by atoms with E-state index in [1.54, 1.807) is 18.2 Å². The fourth-order valence-corrected chi connectivity index (χ4v) is 4.94. The van der Waals surface area contributed by atoms with Gasteiger partial charge >= 0.3 is 5.97 Å². The van der Waals surface area contributed by atoms with Gasteiger partial charge in [-0.2, -0.15) is 0 Å². The standard InChI is InChI=1S/C27H20N2O5S/c30-25(29-27-28-21(15-35-27)17-7-9-22-24(13-17)33-11-10-32-22)18-6-8-20-19(12-18)14-23(34-26(20)31)16-4-2-1-3-5-16/h1-9,12-13,15,23H,10-11,14H2,(H,28,29,30)/t23-/m0/s1. The lowest BCUT2D eigenvalue weighted by Gasteiger charge is -2.25. The molecule has 0 unspecified atom stereocenters. The second-order valence-corrected chi connectivity index (χ2v) is 9.09. The number of hydrogen-bond donors (Lipinski definition) is 1. The minimum Gasteiger partial charge on any atom is -0.486 e. The third-order valence-electron chi connectivity index (χ3n) is 5.98. The number of cyclic esters (lactones) is 1. The highest BCUT2D eigenvalue weighted by atomic mass is 32.1. The zero-order chi connectivity index (χ0) is 23.8. The number of carbonyl (C=O) groups excluding carboxylic acids is 2. The molecule has 0 saturated heterocycles. The van der Waals surface area contributed by atoms with Crippen molar-refractivity contribution in [2.75, 3.05) is 18.5 Å². The third-order valence-corrected chi connectivity index (χ3v) is 6.73. The Balaban J connectivity index is 1.19. The summed E-state index contributed by atoms with van der Waals surface area (Å²) < 4.78 is 16.8. The summed E-state index contributed by atoms with van der Waals surface area (Å²) in [5.41, 5.74) is 4.28. The van der Waals surface area contributed by atoms with Crippen molar-refractivity contribution in [1.82, 2.24) is 4.98 Å². The normalized spacial score (nSPS) is 16.2. The van der Waals surface area contributed by atoms with Crippen molar-refractivity contribution < 1.29 is 23.8 Å². The van der Waals surface area contributed by atoms with Gasteiger partial charge < -0.3 is 14.2 Å². The zero-order valence-corrected chi connectivity index (χ0v) is 19.3. The van der Waals surface area contributed by atoms with Gasteiger partial charge in [-0.25, -0.2) is 9.78 Å². The number of hydrogen-bond acceptors (Lipinski definition) is 7. The highest BCUT2D eigenvalue weighted by molar-refractivity contribution is 7.14. The van der Waals surface area contributed by atoms with Gasteiger partial charge in [0.15, 0.2) is 16.6 Å². The lowest BCUT2D eigenvalue weighted by atomic mass is 9.93. The molecule has 0 radical (unpaired) electrons. The summed E-state index contributed by atoms with van der Waals surface area (Å²) in [7, 11) is 0. The van der Waals surface area contributed by atoms with Crippen molar-refractivity contribution in [3.8, 4) is 22.8 Å². The average molecular weight is 485 g/mol. The number of fused-ring (bicyclic) bond motifs is 2. The SMILES string of the molecule is O=C(Nc1nc(-c2ccc3c(c2)OCCO3)cs1)c1ccc2c(c1)C[C@@H](c1ccccc1)OC2=O. The van der Waals surface area contributed by atoms with Gasteiger partial charge in [0.2, 0.25) is 0 Å². The van der Waals surface area contributed by atoms with Crippen LogP contribution < -0.4 is 14.8 Å². The van der Waals surface area contributed by atoms with Crippen LogP contribution in [0, 0.1) is 0 Å². The first-order valence-electron chi connectivity index (χ1n) is 11.2. The summed E-state index contributed by atoms with van der Waals surface area (Å²) in [6, 6.07) is 20.3. The van der Waals surface area contributed by atoms with Crippen LogP contribution in [0.3, 0.4) is 0 Å². The van der Waals surface area contributed by atoms with Crippen molar-refractivity contribution in [1.29, 1.82) is 0 Å². The smallest absolute Gasteiger partial charge is 0.339 e. The van der Waals surface area contributed by atoms with Gasteiger partial charge in [0.1, 0.15) is 19.3 Å². The second-order valence-electron chi connectivity index (χ2n) is 8.23. The van der Waals surface area contributed by atoms with Crippen molar-refractivity contribution in [2.24, 2.45) is 0 Å². The topological polar surface area (TPSA) is 86.8 Å². The molecule has 6 rings (SSSR count). The molecule has 7 nitrogen and oxygen atoms in total. The maximum Gasteiger partial charge on any atom is 0.339 e. The monoisotopic (exact) mass is 484 g/mol. The molecular formula is C27H20N2O5S. The quantitative estimate of drug-likeness (QED) is 0.396. The van der Waals surface area contributed by atoms with Gasteiger partial charge in [-0.1, -0.05) is 30.3 Å². The number of aromatic nitrogens is 1. The van der Waals surface area contributed by atoms with E-state index in [2.05, 4.69) is 10.3 Å². The molecule has 2 aliphatic rings. The minimum absolute atomic E-state index is 0.286. The van der Waals surface area contributed by atoms with Crippen molar-refractivity contribution >= 4 is 28.3 Å². The molecule has 1 N–H and O–H groups in total. The first-order chi connectivity index (χ1) is 17.1. The number of amides is 1. The fourth-order valence-electron chi connectivity index (χ4n) is 4.23. The molecule has 2 aliphatic heterocycles. The van der Waals surface area contributed by atoms with E-state index in [0.717, 1.165) is 28.1 Å². The van der Waals surface area contributed by atoms with Crippen molar-refractivity contribution in [2.45, 2.75) is 12.5 Å². The van der Waals surface area contributed by atoms with Crippen LogP contribution in [0.5, 0.6) is 11.5 Å².